The Balaban J connectivity index is 1.68. The molecular formula is C20H23ClN4O3. The molecule has 0 bridgehead atoms. The van der Waals surface area contributed by atoms with Gasteiger partial charge < -0.3 is 9.80 Å². The number of carbonyl (C=O) groups is 1. The van der Waals surface area contributed by atoms with E-state index in [4.69, 9.17) is 11.6 Å². The molecule has 148 valence electrons. The largest absolute Gasteiger partial charge is 0.377 e. The Bertz CT molecular complexity index is 862. The monoisotopic (exact) mass is 402 g/mol. The zero-order valence-corrected chi connectivity index (χ0v) is 16.7. The Kier molecular flexibility index (Phi) is 6.16. The number of nitrogens with zero attached hydrogens (tertiary/aromatic N) is 4. The second kappa shape index (κ2) is 8.58. The number of benzene rings is 2. The van der Waals surface area contributed by atoms with E-state index >= 15 is 0 Å². The van der Waals surface area contributed by atoms with E-state index in [1.807, 2.05) is 38.4 Å². The standard InChI is InChI=1S/C20H23ClN4O3/c1-22(2)19-8-7-17(25(27)28)13-18(19)20(26)24-11-9-23(10-12-24)14-15-3-5-16(21)6-4-15/h3-8,13H,9-12,14H2,1-2H3. The Labute approximate surface area is 169 Å². The van der Waals surface area contributed by atoms with Crippen LogP contribution in [0.25, 0.3) is 0 Å². The molecule has 0 atom stereocenters. The summed E-state index contributed by atoms with van der Waals surface area (Å²) < 4.78 is 0. The van der Waals surface area contributed by atoms with Crippen LogP contribution in [-0.4, -0.2) is 60.9 Å². The molecule has 1 amide bonds. The second-order valence-corrected chi connectivity index (χ2v) is 7.48. The summed E-state index contributed by atoms with van der Waals surface area (Å²) in [5, 5.41) is 11.8. The normalized spacial score (nSPS) is 14.8. The molecule has 2 aromatic carbocycles. The average molecular weight is 403 g/mol. The molecule has 7 nitrogen and oxygen atoms in total. The van der Waals surface area contributed by atoms with Crippen molar-refractivity contribution < 1.29 is 9.72 Å². The third-order valence-corrected chi connectivity index (χ3v) is 5.13. The van der Waals surface area contributed by atoms with E-state index in [0.29, 0.717) is 29.4 Å². The van der Waals surface area contributed by atoms with Crippen molar-refractivity contribution in [2.75, 3.05) is 45.2 Å². The van der Waals surface area contributed by atoms with Gasteiger partial charge in [0.1, 0.15) is 0 Å². The van der Waals surface area contributed by atoms with E-state index in [1.54, 1.807) is 15.9 Å². The third kappa shape index (κ3) is 4.61. The van der Waals surface area contributed by atoms with Crippen molar-refractivity contribution in [3.63, 3.8) is 0 Å². The van der Waals surface area contributed by atoms with Gasteiger partial charge in [-0.2, -0.15) is 0 Å². The summed E-state index contributed by atoms with van der Waals surface area (Å²) >= 11 is 5.93. The molecule has 28 heavy (non-hydrogen) atoms. The van der Waals surface area contributed by atoms with Crippen LogP contribution in [0.4, 0.5) is 11.4 Å². The lowest BCUT2D eigenvalue weighted by Crippen LogP contribution is -2.48. The lowest BCUT2D eigenvalue weighted by Gasteiger charge is -2.35. The summed E-state index contributed by atoms with van der Waals surface area (Å²) in [6.07, 6.45) is 0. The number of piperazine rings is 1. The maximum Gasteiger partial charge on any atom is 0.270 e. The third-order valence-electron chi connectivity index (χ3n) is 4.88. The number of hydrogen-bond acceptors (Lipinski definition) is 5. The Morgan fingerprint density at radius 3 is 2.32 bits per heavy atom. The smallest absolute Gasteiger partial charge is 0.270 e. The van der Waals surface area contributed by atoms with Gasteiger partial charge in [0.2, 0.25) is 0 Å². The molecule has 3 rings (SSSR count). The summed E-state index contributed by atoms with van der Waals surface area (Å²) in [6.45, 7) is 3.48. The lowest BCUT2D eigenvalue weighted by molar-refractivity contribution is -0.384. The summed E-state index contributed by atoms with van der Waals surface area (Å²) in [6, 6.07) is 12.2. The molecule has 1 heterocycles. The predicted octanol–water partition coefficient (Wildman–Crippen LogP) is 3.27. The molecule has 0 spiro atoms. The zero-order valence-electron chi connectivity index (χ0n) is 16.0. The van der Waals surface area contributed by atoms with Crippen LogP contribution < -0.4 is 4.90 Å². The van der Waals surface area contributed by atoms with E-state index in [2.05, 4.69) is 4.90 Å². The first-order chi connectivity index (χ1) is 13.3. The topological polar surface area (TPSA) is 69.9 Å². The predicted molar refractivity (Wildman–Crippen MR) is 110 cm³/mol. The van der Waals surface area contributed by atoms with Crippen LogP contribution in [0.3, 0.4) is 0 Å². The minimum Gasteiger partial charge on any atom is -0.377 e. The first kappa shape index (κ1) is 20.1. The number of nitro groups is 1. The van der Waals surface area contributed by atoms with E-state index in [-0.39, 0.29) is 11.6 Å². The van der Waals surface area contributed by atoms with Crippen molar-refractivity contribution in [2.45, 2.75) is 6.54 Å². The molecule has 8 heteroatoms. The van der Waals surface area contributed by atoms with Crippen molar-refractivity contribution >= 4 is 28.9 Å². The molecule has 0 aromatic heterocycles. The molecule has 0 radical (unpaired) electrons. The number of rotatable bonds is 5. The number of non-ortho nitro benzene ring substituents is 1. The maximum absolute atomic E-state index is 13.0. The van der Waals surface area contributed by atoms with Gasteiger partial charge in [0.15, 0.2) is 0 Å². The molecule has 1 fully saturated rings. The zero-order chi connectivity index (χ0) is 20.3. The van der Waals surface area contributed by atoms with Gasteiger partial charge in [-0.1, -0.05) is 23.7 Å². The highest BCUT2D eigenvalue weighted by Crippen LogP contribution is 2.26. The van der Waals surface area contributed by atoms with Crippen LogP contribution >= 0.6 is 11.6 Å². The molecule has 0 aliphatic carbocycles. The van der Waals surface area contributed by atoms with Gasteiger partial charge in [-0.25, -0.2) is 0 Å². The Morgan fingerprint density at radius 2 is 1.75 bits per heavy atom. The van der Waals surface area contributed by atoms with Crippen molar-refractivity contribution in [3.05, 3.63) is 68.7 Å². The number of nitro benzene ring substituents is 1. The van der Waals surface area contributed by atoms with Crippen molar-refractivity contribution in [1.82, 2.24) is 9.80 Å². The molecule has 1 aliphatic heterocycles. The molecule has 1 saturated heterocycles. The van der Waals surface area contributed by atoms with E-state index in [9.17, 15) is 14.9 Å². The second-order valence-electron chi connectivity index (χ2n) is 7.05. The van der Waals surface area contributed by atoms with E-state index in [1.165, 1.54) is 17.7 Å². The van der Waals surface area contributed by atoms with Crippen molar-refractivity contribution in [3.8, 4) is 0 Å². The number of anilines is 1. The van der Waals surface area contributed by atoms with Crippen LogP contribution in [0, 0.1) is 10.1 Å². The Hall–Kier alpha value is -2.64. The minimum atomic E-state index is -0.472. The van der Waals surface area contributed by atoms with Crippen LogP contribution in [-0.2, 0) is 6.54 Å². The fourth-order valence-electron chi connectivity index (χ4n) is 3.33. The molecule has 1 aliphatic rings. The highest BCUT2D eigenvalue weighted by molar-refractivity contribution is 6.30. The quantitative estimate of drug-likeness (QED) is 0.567. The van der Waals surface area contributed by atoms with Gasteiger partial charge in [-0.3, -0.25) is 19.8 Å². The van der Waals surface area contributed by atoms with Crippen LogP contribution in [0.1, 0.15) is 15.9 Å². The SMILES string of the molecule is CN(C)c1ccc([N+](=O)[O-])cc1C(=O)N1CCN(Cc2ccc(Cl)cc2)CC1. The van der Waals surface area contributed by atoms with Gasteiger partial charge in [0, 0.05) is 69.7 Å². The van der Waals surface area contributed by atoms with Crippen LogP contribution in [0.5, 0.6) is 0 Å². The van der Waals surface area contributed by atoms with E-state index in [0.717, 1.165) is 19.6 Å². The van der Waals surface area contributed by atoms with Gasteiger partial charge in [-0.05, 0) is 23.8 Å². The van der Waals surface area contributed by atoms with Crippen LogP contribution in [0.15, 0.2) is 42.5 Å². The lowest BCUT2D eigenvalue weighted by atomic mass is 10.1. The van der Waals surface area contributed by atoms with Gasteiger partial charge in [-0.15, -0.1) is 0 Å². The Morgan fingerprint density at radius 1 is 1.11 bits per heavy atom. The number of halogens is 1. The highest BCUT2D eigenvalue weighted by atomic mass is 35.5. The number of amides is 1. The fourth-order valence-corrected chi connectivity index (χ4v) is 3.45. The first-order valence-electron chi connectivity index (χ1n) is 9.07. The molecule has 0 saturated carbocycles. The highest BCUT2D eigenvalue weighted by Gasteiger charge is 2.26. The van der Waals surface area contributed by atoms with Crippen molar-refractivity contribution in [2.24, 2.45) is 0 Å². The van der Waals surface area contributed by atoms with Gasteiger partial charge >= 0.3 is 0 Å². The fraction of sp³-hybridized carbons (Fsp3) is 0.350. The first-order valence-corrected chi connectivity index (χ1v) is 9.45. The summed E-state index contributed by atoms with van der Waals surface area (Å²) in [4.78, 5) is 29.5. The number of carbonyl (C=O) groups excluding carboxylic acids is 1. The van der Waals surface area contributed by atoms with Gasteiger partial charge in [0.05, 0.1) is 10.5 Å². The number of hydrogen-bond donors (Lipinski definition) is 0. The van der Waals surface area contributed by atoms with Crippen molar-refractivity contribution in [1.29, 1.82) is 0 Å². The molecule has 0 unspecified atom stereocenters. The van der Waals surface area contributed by atoms with Gasteiger partial charge in [0.25, 0.3) is 11.6 Å². The molecule has 2 aromatic rings. The summed E-state index contributed by atoms with van der Waals surface area (Å²) in [7, 11) is 3.64. The minimum absolute atomic E-state index is 0.0738. The average Bonchev–Trinajstić information content (AvgIpc) is 2.69. The van der Waals surface area contributed by atoms with Crippen LogP contribution in [0.2, 0.25) is 5.02 Å². The molecule has 0 N–H and O–H groups in total. The maximum atomic E-state index is 13.0. The summed E-state index contributed by atoms with van der Waals surface area (Å²) in [5.74, 6) is -0.168. The summed E-state index contributed by atoms with van der Waals surface area (Å²) in [5.41, 5.74) is 2.15. The molecular weight excluding hydrogens is 380 g/mol. The van der Waals surface area contributed by atoms with E-state index < -0.39 is 4.92 Å².